The van der Waals surface area contributed by atoms with Crippen LogP contribution in [-0.4, -0.2) is 29.7 Å². The summed E-state index contributed by atoms with van der Waals surface area (Å²) in [6.45, 7) is 2.88. The van der Waals surface area contributed by atoms with Gasteiger partial charge in [-0.25, -0.2) is 8.78 Å². The molecule has 170 valence electrons. The smallest absolute Gasteiger partial charge is 0.225 e. The lowest BCUT2D eigenvalue weighted by Gasteiger charge is -2.25. The number of halogens is 2. The number of rotatable bonds is 11. The van der Waals surface area contributed by atoms with Crippen molar-refractivity contribution in [3.8, 4) is 0 Å². The van der Waals surface area contributed by atoms with E-state index in [9.17, 15) is 18.7 Å². The Hall–Kier alpha value is -2.61. The summed E-state index contributed by atoms with van der Waals surface area (Å²) in [5, 5.41) is 18.7. The number of amides is 1. The molecule has 4 nitrogen and oxygen atoms in total. The summed E-state index contributed by atoms with van der Waals surface area (Å²) < 4.78 is 27.3. The van der Waals surface area contributed by atoms with Gasteiger partial charge in [-0.2, -0.15) is 0 Å². The highest BCUT2D eigenvalue weighted by Crippen LogP contribution is 2.14. The Morgan fingerprint density at radius 2 is 1.78 bits per heavy atom. The van der Waals surface area contributed by atoms with E-state index < -0.39 is 23.8 Å². The molecule has 2 atom stereocenters. The maximum atomic E-state index is 13.6. The highest BCUT2D eigenvalue weighted by Gasteiger charge is 2.22. The normalized spacial score (nSPS) is 13.0. The van der Waals surface area contributed by atoms with E-state index in [0.29, 0.717) is 12.1 Å². The van der Waals surface area contributed by atoms with Crippen molar-refractivity contribution in [3.63, 3.8) is 0 Å². The molecule has 7 heteroatoms. The molecule has 3 aromatic rings. The third kappa shape index (κ3) is 7.51. The minimum absolute atomic E-state index is 0.110. The Morgan fingerprint density at radius 1 is 1.03 bits per heavy atom. The fraction of sp³-hybridized carbons (Fsp3) is 0.320. The SMILES string of the molecule is CCc1cccc(CNC[C@@H](O)[C@H](Cc2cc(F)cc(F)c2)NC(=O)Cc2cccs2)c1. The Balaban J connectivity index is 1.64. The largest absolute Gasteiger partial charge is 0.390 e. The van der Waals surface area contributed by atoms with Crippen molar-refractivity contribution in [2.75, 3.05) is 6.54 Å². The van der Waals surface area contributed by atoms with Crippen LogP contribution in [0.3, 0.4) is 0 Å². The molecular weight excluding hydrogens is 430 g/mol. The van der Waals surface area contributed by atoms with Gasteiger partial charge in [0.2, 0.25) is 5.91 Å². The zero-order chi connectivity index (χ0) is 22.9. The van der Waals surface area contributed by atoms with Crippen LogP contribution in [0.4, 0.5) is 8.78 Å². The average Bonchev–Trinajstić information content (AvgIpc) is 3.25. The number of aliphatic hydroxyl groups is 1. The molecular formula is C25H28F2N2O2S. The first-order valence-electron chi connectivity index (χ1n) is 10.7. The van der Waals surface area contributed by atoms with Crippen LogP contribution in [0, 0.1) is 11.6 Å². The Morgan fingerprint density at radius 3 is 2.47 bits per heavy atom. The van der Waals surface area contributed by atoms with E-state index in [0.717, 1.165) is 22.9 Å². The van der Waals surface area contributed by atoms with Gasteiger partial charge in [-0.1, -0.05) is 37.3 Å². The zero-order valence-electron chi connectivity index (χ0n) is 18.0. The van der Waals surface area contributed by atoms with Crippen LogP contribution in [0.1, 0.15) is 28.5 Å². The number of hydrogen-bond acceptors (Lipinski definition) is 4. The summed E-state index contributed by atoms with van der Waals surface area (Å²) in [6.07, 6.45) is 0.302. The third-order valence-corrected chi connectivity index (χ3v) is 6.06. The van der Waals surface area contributed by atoms with E-state index in [1.54, 1.807) is 0 Å². The molecule has 2 aromatic carbocycles. The second kappa shape index (κ2) is 11.9. The lowest BCUT2D eigenvalue weighted by molar-refractivity contribution is -0.121. The summed E-state index contributed by atoms with van der Waals surface area (Å²) in [7, 11) is 0. The van der Waals surface area contributed by atoms with Gasteiger partial charge in [0.1, 0.15) is 11.6 Å². The maximum absolute atomic E-state index is 13.6. The molecule has 0 aliphatic heterocycles. The first kappa shape index (κ1) is 24.0. The lowest BCUT2D eigenvalue weighted by Crippen LogP contribution is -2.49. The van der Waals surface area contributed by atoms with Crippen molar-refractivity contribution in [2.24, 2.45) is 0 Å². The minimum Gasteiger partial charge on any atom is -0.390 e. The van der Waals surface area contributed by atoms with Gasteiger partial charge < -0.3 is 15.7 Å². The number of benzene rings is 2. The van der Waals surface area contributed by atoms with Gasteiger partial charge in [0.25, 0.3) is 0 Å². The molecule has 3 N–H and O–H groups in total. The van der Waals surface area contributed by atoms with Gasteiger partial charge in [0.15, 0.2) is 0 Å². The molecule has 1 heterocycles. The van der Waals surface area contributed by atoms with Crippen LogP contribution < -0.4 is 10.6 Å². The van der Waals surface area contributed by atoms with Gasteiger partial charge in [0, 0.05) is 24.0 Å². The summed E-state index contributed by atoms with van der Waals surface area (Å²) in [5.41, 5.74) is 2.71. The predicted octanol–water partition coefficient (Wildman–Crippen LogP) is 4.01. The van der Waals surface area contributed by atoms with E-state index in [1.165, 1.54) is 29.0 Å². The molecule has 0 saturated carbocycles. The summed E-state index contributed by atoms with van der Waals surface area (Å²) in [6, 6.07) is 14.5. The molecule has 0 radical (unpaired) electrons. The van der Waals surface area contributed by atoms with Crippen LogP contribution >= 0.6 is 11.3 Å². The maximum Gasteiger partial charge on any atom is 0.225 e. The molecule has 3 rings (SSSR count). The number of hydrogen-bond donors (Lipinski definition) is 3. The average molecular weight is 459 g/mol. The van der Waals surface area contributed by atoms with Crippen LogP contribution in [-0.2, 0) is 30.6 Å². The second-order valence-corrected chi connectivity index (χ2v) is 8.82. The van der Waals surface area contributed by atoms with Crippen molar-refractivity contribution < 1.29 is 18.7 Å². The highest BCUT2D eigenvalue weighted by atomic mass is 32.1. The van der Waals surface area contributed by atoms with Gasteiger partial charge in [0.05, 0.1) is 18.6 Å². The van der Waals surface area contributed by atoms with E-state index in [-0.39, 0.29) is 25.3 Å². The molecule has 0 fully saturated rings. The van der Waals surface area contributed by atoms with Gasteiger partial charge in [-0.15, -0.1) is 11.3 Å². The van der Waals surface area contributed by atoms with Crippen molar-refractivity contribution in [3.05, 3.63) is 93.2 Å². The van der Waals surface area contributed by atoms with Gasteiger partial charge in [-0.05, 0) is 53.1 Å². The zero-order valence-corrected chi connectivity index (χ0v) is 18.8. The second-order valence-electron chi connectivity index (χ2n) is 7.78. The number of nitrogens with one attached hydrogen (secondary N) is 2. The number of carbonyl (C=O) groups excluding carboxylic acids is 1. The fourth-order valence-electron chi connectivity index (χ4n) is 3.56. The van der Waals surface area contributed by atoms with Crippen molar-refractivity contribution in [2.45, 2.75) is 44.9 Å². The first-order chi connectivity index (χ1) is 15.4. The molecule has 0 bridgehead atoms. The van der Waals surface area contributed by atoms with Gasteiger partial charge >= 0.3 is 0 Å². The molecule has 0 spiro atoms. The fourth-order valence-corrected chi connectivity index (χ4v) is 4.26. The molecule has 1 amide bonds. The summed E-state index contributed by atoms with van der Waals surface area (Å²) in [4.78, 5) is 13.4. The molecule has 32 heavy (non-hydrogen) atoms. The predicted molar refractivity (Wildman–Crippen MR) is 124 cm³/mol. The molecule has 0 unspecified atom stereocenters. The van der Waals surface area contributed by atoms with Crippen LogP contribution in [0.2, 0.25) is 0 Å². The van der Waals surface area contributed by atoms with E-state index in [1.807, 2.05) is 29.6 Å². The van der Waals surface area contributed by atoms with Crippen molar-refractivity contribution in [1.29, 1.82) is 0 Å². The van der Waals surface area contributed by atoms with E-state index in [2.05, 4.69) is 29.7 Å². The van der Waals surface area contributed by atoms with E-state index in [4.69, 9.17) is 0 Å². The monoisotopic (exact) mass is 458 g/mol. The standard InChI is InChI=1S/C25H28F2N2O2S/c1-2-17-5-3-6-18(9-17)15-28-16-24(30)23(12-19-10-20(26)13-21(27)11-19)29-25(31)14-22-7-4-8-32-22/h3-11,13,23-24,28,30H,2,12,14-16H2,1H3,(H,29,31)/t23-,24+/m0/s1. The van der Waals surface area contributed by atoms with E-state index >= 15 is 0 Å². The van der Waals surface area contributed by atoms with Crippen LogP contribution in [0.5, 0.6) is 0 Å². The van der Waals surface area contributed by atoms with Crippen LogP contribution in [0.25, 0.3) is 0 Å². The Bertz CT molecular complexity index is 991. The Labute approximate surface area is 191 Å². The summed E-state index contributed by atoms with van der Waals surface area (Å²) >= 11 is 1.47. The quantitative estimate of drug-likeness (QED) is 0.407. The molecule has 0 aliphatic carbocycles. The number of carbonyl (C=O) groups is 1. The summed E-state index contributed by atoms with van der Waals surface area (Å²) in [5.74, 6) is -1.62. The third-order valence-electron chi connectivity index (χ3n) is 5.19. The van der Waals surface area contributed by atoms with Crippen molar-refractivity contribution in [1.82, 2.24) is 10.6 Å². The molecule has 0 saturated heterocycles. The van der Waals surface area contributed by atoms with Crippen LogP contribution in [0.15, 0.2) is 60.0 Å². The lowest BCUT2D eigenvalue weighted by atomic mass is 10.00. The topological polar surface area (TPSA) is 61.4 Å². The number of thiophene rings is 1. The number of aryl methyl sites for hydroxylation is 1. The van der Waals surface area contributed by atoms with Gasteiger partial charge in [-0.3, -0.25) is 4.79 Å². The molecule has 0 aliphatic rings. The highest BCUT2D eigenvalue weighted by molar-refractivity contribution is 7.10. The Kier molecular flexibility index (Phi) is 8.90. The van der Waals surface area contributed by atoms with Crippen molar-refractivity contribution >= 4 is 17.2 Å². The number of aliphatic hydroxyl groups excluding tert-OH is 1. The molecule has 1 aromatic heterocycles. The first-order valence-corrected chi connectivity index (χ1v) is 11.5. The minimum atomic E-state index is -0.942.